The predicted octanol–water partition coefficient (Wildman–Crippen LogP) is 0.459. The van der Waals surface area contributed by atoms with Gasteiger partial charge in [-0.25, -0.2) is 0 Å². The van der Waals surface area contributed by atoms with E-state index in [4.69, 9.17) is 15.6 Å². The molecular formula is C8H17NO3. The van der Waals surface area contributed by atoms with Crippen LogP contribution in [-0.2, 0) is 9.53 Å². The number of aliphatic carboxylic acids is 1. The molecular weight excluding hydrogens is 158 g/mol. The third-order valence-electron chi connectivity index (χ3n) is 1.79. The second-order valence-corrected chi connectivity index (χ2v) is 3.23. The summed E-state index contributed by atoms with van der Waals surface area (Å²) in [4.78, 5) is 10.3. The molecule has 0 aliphatic rings. The SMILES string of the molecule is CC(C)C(C)OCC(N)C(=O)O. The van der Waals surface area contributed by atoms with Crippen molar-refractivity contribution < 1.29 is 14.6 Å². The van der Waals surface area contributed by atoms with Crippen LogP contribution in [-0.4, -0.2) is 29.8 Å². The fraction of sp³-hybridized carbons (Fsp3) is 0.875. The Labute approximate surface area is 72.7 Å². The van der Waals surface area contributed by atoms with Gasteiger partial charge in [0.1, 0.15) is 6.04 Å². The summed E-state index contributed by atoms with van der Waals surface area (Å²) in [5, 5.41) is 8.43. The van der Waals surface area contributed by atoms with E-state index in [0.717, 1.165) is 0 Å². The highest BCUT2D eigenvalue weighted by Crippen LogP contribution is 2.04. The first-order valence-electron chi connectivity index (χ1n) is 4.05. The summed E-state index contributed by atoms with van der Waals surface area (Å²) in [7, 11) is 0. The second kappa shape index (κ2) is 5.11. The van der Waals surface area contributed by atoms with Crippen LogP contribution in [0.25, 0.3) is 0 Å². The van der Waals surface area contributed by atoms with Gasteiger partial charge < -0.3 is 15.6 Å². The van der Waals surface area contributed by atoms with Crippen molar-refractivity contribution in [1.82, 2.24) is 0 Å². The zero-order valence-electron chi connectivity index (χ0n) is 7.78. The Bertz CT molecular complexity index is 147. The zero-order chi connectivity index (χ0) is 9.72. The Balaban J connectivity index is 3.61. The first-order valence-corrected chi connectivity index (χ1v) is 4.05. The molecule has 72 valence electrons. The van der Waals surface area contributed by atoms with Gasteiger partial charge in [-0.15, -0.1) is 0 Å². The fourth-order valence-corrected chi connectivity index (χ4v) is 0.519. The highest BCUT2D eigenvalue weighted by Gasteiger charge is 2.14. The van der Waals surface area contributed by atoms with E-state index in [9.17, 15) is 4.79 Å². The Kier molecular flexibility index (Phi) is 4.85. The highest BCUT2D eigenvalue weighted by molar-refractivity contribution is 5.73. The summed E-state index contributed by atoms with van der Waals surface area (Å²) < 4.78 is 5.22. The van der Waals surface area contributed by atoms with Crippen LogP contribution in [0.1, 0.15) is 20.8 Å². The summed E-state index contributed by atoms with van der Waals surface area (Å²) in [6, 6.07) is -0.911. The number of nitrogens with two attached hydrogens (primary N) is 1. The summed E-state index contributed by atoms with van der Waals surface area (Å²) in [6.45, 7) is 6.00. The van der Waals surface area contributed by atoms with Crippen molar-refractivity contribution in [2.24, 2.45) is 11.7 Å². The number of hydrogen-bond acceptors (Lipinski definition) is 3. The van der Waals surface area contributed by atoms with E-state index in [1.807, 2.05) is 20.8 Å². The molecule has 0 radical (unpaired) electrons. The standard InChI is InChI=1S/C8H17NO3/c1-5(2)6(3)12-4-7(9)8(10)11/h5-7H,4,9H2,1-3H3,(H,10,11). The average molecular weight is 175 g/mol. The number of hydrogen-bond donors (Lipinski definition) is 2. The third kappa shape index (κ3) is 4.31. The number of carboxylic acids is 1. The molecule has 0 rings (SSSR count). The first-order chi connectivity index (χ1) is 5.45. The minimum Gasteiger partial charge on any atom is -0.480 e. The molecule has 3 N–H and O–H groups in total. The van der Waals surface area contributed by atoms with Crippen molar-refractivity contribution in [2.75, 3.05) is 6.61 Å². The summed E-state index contributed by atoms with van der Waals surface area (Å²) >= 11 is 0. The summed E-state index contributed by atoms with van der Waals surface area (Å²) in [5.41, 5.74) is 5.24. The van der Waals surface area contributed by atoms with Crippen LogP contribution in [0.5, 0.6) is 0 Å². The van der Waals surface area contributed by atoms with Crippen molar-refractivity contribution in [3.8, 4) is 0 Å². The van der Waals surface area contributed by atoms with Gasteiger partial charge in [0.2, 0.25) is 0 Å². The molecule has 4 heteroatoms. The number of carbonyl (C=O) groups is 1. The van der Waals surface area contributed by atoms with Crippen LogP contribution >= 0.6 is 0 Å². The maximum atomic E-state index is 10.3. The average Bonchev–Trinajstić information content (AvgIpc) is 1.98. The van der Waals surface area contributed by atoms with Crippen molar-refractivity contribution in [3.63, 3.8) is 0 Å². The molecule has 0 amide bonds. The van der Waals surface area contributed by atoms with Crippen LogP contribution in [0.2, 0.25) is 0 Å². The van der Waals surface area contributed by atoms with E-state index in [0.29, 0.717) is 5.92 Å². The molecule has 2 unspecified atom stereocenters. The molecule has 0 spiro atoms. The molecule has 0 aliphatic carbocycles. The topological polar surface area (TPSA) is 72.5 Å². The molecule has 0 aromatic carbocycles. The van der Waals surface area contributed by atoms with Gasteiger partial charge in [-0.1, -0.05) is 13.8 Å². The zero-order valence-corrected chi connectivity index (χ0v) is 7.78. The minimum atomic E-state index is -1.02. The van der Waals surface area contributed by atoms with E-state index in [1.165, 1.54) is 0 Å². The van der Waals surface area contributed by atoms with Crippen LogP contribution in [0.3, 0.4) is 0 Å². The lowest BCUT2D eigenvalue weighted by atomic mass is 10.1. The predicted molar refractivity (Wildman–Crippen MR) is 45.9 cm³/mol. The number of rotatable bonds is 5. The Morgan fingerprint density at radius 1 is 1.50 bits per heavy atom. The van der Waals surface area contributed by atoms with Gasteiger partial charge in [0.15, 0.2) is 0 Å². The van der Waals surface area contributed by atoms with Gasteiger partial charge in [-0.3, -0.25) is 4.79 Å². The van der Waals surface area contributed by atoms with Crippen LogP contribution in [0.15, 0.2) is 0 Å². The molecule has 0 aromatic heterocycles. The minimum absolute atomic E-state index is 0.0513. The van der Waals surface area contributed by atoms with Gasteiger partial charge in [-0.05, 0) is 12.8 Å². The molecule has 0 aromatic rings. The van der Waals surface area contributed by atoms with Gasteiger partial charge in [0.05, 0.1) is 12.7 Å². The summed E-state index contributed by atoms with van der Waals surface area (Å²) in [5.74, 6) is -0.642. The molecule has 0 aliphatic heterocycles. The summed E-state index contributed by atoms with van der Waals surface area (Å²) in [6.07, 6.45) is 0.0513. The fourth-order valence-electron chi connectivity index (χ4n) is 0.519. The normalized spacial score (nSPS) is 16.1. The highest BCUT2D eigenvalue weighted by atomic mass is 16.5. The van der Waals surface area contributed by atoms with Crippen molar-refractivity contribution in [1.29, 1.82) is 0 Å². The Hall–Kier alpha value is -0.610. The van der Waals surface area contributed by atoms with E-state index in [-0.39, 0.29) is 12.7 Å². The van der Waals surface area contributed by atoms with E-state index < -0.39 is 12.0 Å². The maximum absolute atomic E-state index is 10.3. The van der Waals surface area contributed by atoms with Crippen LogP contribution in [0.4, 0.5) is 0 Å². The molecule has 0 fully saturated rings. The molecule has 0 bridgehead atoms. The van der Waals surface area contributed by atoms with Crippen LogP contribution in [0, 0.1) is 5.92 Å². The lowest BCUT2D eigenvalue weighted by Gasteiger charge is -2.17. The van der Waals surface area contributed by atoms with Crippen molar-refractivity contribution in [3.05, 3.63) is 0 Å². The lowest BCUT2D eigenvalue weighted by Crippen LogP contribution is -2.36. The van der Waals surface area contributed by atoms with Gasteiger partial charge in [0.25, 0.3) is 0 Å². The van der Waals surface area contributed by atoms with Gasteiger partial charge in [0, 0.05) is 0 Å². The second-order valence-electron chi connectivity index (χ2n) is 3.23. The molecule has 4 nitrogen and oxygen atoms in total. The number of ether oxygens (including phenoxy) is 1. The maximum Gasteiger partial charge on any atom is 0.322 e. The quantitative estimate of drug-likeness (QED) is 0.636. The van der Waals surface area contributed by atoms with Crippen LogP contribution < -0.4 is 5.73 Å². The van der Waals surface area contributed by atoms with E-state index in [1.54, 1.807) is 0 Å². The van der Waals surface area contributed by atoms with E-state index in [2.05, 4.69) is 0 Å². The van der Waals surface area contributed by atoms with Gasteiger partial charge >= 0.3 is 5.97 Å². The first kappa shape index (κ1) is 11.4. The smallest absolute Gasteiger partial charge is 0.322 e. The lowest BCUT2D eigenvalue weighted by molar-refractivity contribution is -0.140. The largest absolute Gasteiger partial charge is 0.480 e. The third-order valence-corrected chi connectivity index (χ3v) is 1.79. The van der Waals surface area contributed by atoms with E-state index >= 15 is 0 Å². The Morgan fingerprint density at radius 3 is 2.33 bits per heavy atom. The van der Waals surface area contributed by atoms with Crippen molar-refractivity contribution >= 4 is 5.97 Å². The van der Waals surface area contributed by atoms with Gasteiger partial charge in [-0.2, -0.15) is 0 Å². The molecule has 12 heavy (non-hydrogen) atoms. The molecule has 0 heterocycles. The monoisotopic (exact) mass is 175 g/mol. The molecule has 0 saturated heterocycles. The Morgan fingerprint density at radius 2 is 2.00 bits per heavy atom. The molecule has 0 saturated carbocycles. The molecule has 2 atom stereocenters. The number of carboxylic acid groups (broad SMARTS) is 1. The van der Waals surface area contributed by atoms with Crippen molar-refractivity contribution in [2.45, 2.75) is 32.9 Å².